The Kier molecular flexibility index (Phi) is 6.64. The van der Waals surface area contributed by atoms with Gasteiger partial charge in [0.2, 0.25) is 0 Å². The van der Waals surface area contributed by atoms with Gasteiger partial charge >= 0.3 is 0 Å². The number of amides is 1. The molecule has 0 aromatic heterocycles. The van der Waals surface area contributed by atoms with E-state index < -0.39 is 0 Å². The lowest BCUT2D eigenvalue weighted by Crippen LogP contribution is -2.33. The molecular weight excluding hydrogens is 290 g/mol. The van der Waals surface area contributed by atoms with Crippen LogP contribution in [0.2, 0.25) is 0 Å². The van der Waals surface area contributed by atoms with Gasteiger partial charge in [0.05, 0.1) is 6.10 Å². The van der Waals surface area contributed by atoms with Gasteiger partial charge in [-0.3, -0.25) is 4.79 Å². The molecule has 1 heterocycles. The number of nitrogens with zero attached hydrogens (tertiary/aromatic N) is 1. The standard InChI is InChI=1S/C18H23N3O2/c1-14-4-2-5-15(10-14)7-8-20-12-16(11-19)18(22)21-13-17-6-3-9-23-17/h2,4-5,10,12,17,20H,3,6-9,13H2,1H3,(H,21,22)/b16-12-. The van der Waals surface area contributed by atoms with Crippen LogP contribution < -0.4 is 10.6 Å². The van der Waals surface area contributed by atoms with E-state index in [1.54, 1.807) is 0 Å². The number of carbonyl (C=O) groups excluding carboxylic acids is 1. The van der Waals surface area contributed by atoms with Gasteiger partial charge in [0, 0.05) is 25.9 Å². The summed E-state index contributed by atoms with van der Waals surface area (Å²) in [5.41, 5.74) is 2.55. The quantitative estimate of drug-likeness (QED) is 0.457. The fourth-order valence-electron chi connectivity index (χ4n) is 2.51. The molecule has 2 N–H and O–H groups in total. The summed E-state index contributed by atoms with van der Waals surface area (Å²) < 4.78 is 5.44. The van der Waals surface area contributed by atoms with Crippen molar-refractivity contribution in [2.24, 2.45) is 0 Å². The molecule has 0 radical (unpaired) electrons. The number of carbonyl (C=O) groups is 1. The fraction of sp³-hybridized carbons (Fsp3) is 0.444. The number of rotatable bonds is 7. The van der Waals surface area contributed by atoms with Crippen molar-refractivity contribution in [3.8, 4) is 6.07 Å². The average Bonchev–Trinajstić information content (AvgIpc) is 3.06. The van der Waals surface area contributed by atoms with Crippen molar-refractivity contribution >= 4 is 5.91 Å². The molecule has 1 aliphatic heterocycles. The highest BCUT2D eigenvalue weighted by molar-refractivity contribution is 5.97. The van der Waals surface area contributed by atoms with Gasteiger partial charge in [0.15, 0.2) is 0 Å². The van der Waals surface area contributed by atoms with E-state index >= 15 is 0 Å². The third-order valence-corrected chi connectivity index (χ3v) is 3.77. The van der Waals surface area contributed by atoms with Crippen LogP contribution in [0.1, 0.15) is 24.0 Å². The van der Waals surface area contributed by atoms with Crippen molar-refractivity contribution in [2.45, 2.75) is 32.3 Å². The summed E-state index contributed by atoms with van der Waals surface area (Å²) in [5, 5.41) is 14.9. The van der Waals surface area contributed by atoms with E-state index in [1.165, 1.54) is 17.3 Å². The first kappa shape index (κ1) is 17.0. The topological polar surface area (TPSA) is 74.2 Å². The van der Waals surface area contributed by atoms with Gasteiger partial charge in [0.1, 0.15) is 11.6 Å². The highest BCUT2D eigenvalue weighted by atomic mass is 16.5. The summed E-state index contributed by atoms with van der Waals surface area (Å²) in [4.78, 5) is 11.9. The normalized spacial score (nSPS) is 17.6. The van der Waals surface area contributed by atoms with Crippen LogP contribution in [0.5, 0.6) is 0 Å². The third-order valence-electron chi connectivity index (χ3n) is 3.77. The number of nitrogens with one attached hydrogen (secondary N) is 2. The Morgan fingerprint density at radius 1 is 1.52 bits per heavy atom. The number of nitriles is 1. The van der Waals surface area contributed by atoms with Gasteiger partial charge in [-0.2, -0.15) is 5.26 Å². The smallest absolute Gasteiger partial charge is 0.263 e. The summed E-state index contributed by atoms with van der Waals surface area (Å²) in [6, 6.07) is 10.2. The van der Waals surface area contributed by atoms with E-state index in [4.69, 9.17) is 10.00 Å². The van der Waals surface area contributed by atoms with Crippen LogP contribution in [0.4, 0.5) is 0 Å². The first-order valence-corrected chi connectivity index (χ1v) is 7.98. The summed E-state index contributed by atoms with van der Waals surface area (Å²) in [6.07, 6.45) is 4.39. The average molecular weight is 313 g/mol. The lowest BCUT2D eigenvalue weighted by atomic mass is 10.1. The maximum absolute atomic E-state index is 11.9. The zero-order valence-electron chi connectivity index (χ0n) is 13.5. The second kappa shape index (κ2) is 8.96. The summed E-state index contributed by atoms with van der Waals surface area (Å²) in [6.45, 7) is 3.94. The van der Waals surface area contributed by atoms with Gasteiger partial charge in [0.25, 0.3) is 5.91 Å². The largest absolute Gasteiger partial charge is 0.389 e. The molecule has 2 rings (SSSR count). The predicted octanol–water partition coefficient (Wildman–Crippen LogP) is 1.83. The van der Waals surface area contributed by atoms with Crippen LogP contribution in [0.15, 0.2) is 36.0 Å². The van der Waals surface area contributed by atoms with E-state index in [1.807, 2.05) is 12.1 Å². The Morgan fingerprint density at radius 2 is 2.39 bits per heavy atom. The molecular formula is C18H23N3O2. The minimum absolute atomic E-state index is 0.0770. The first-order valence-electron chi connectivity index (χ1n) is 7.98. The molecule has 0 spiro atoms. The van der Waals surface area contributed by atoms with Crippen molar-refractivity contribution in [1.29, 1.82) is 5.26 Å². The van der Waals surface area contributed by atoms with Crippen molar-refractivity contribution in [3.63, 3.8) is 0 Å². The van der Waals surface area contributed by atoms with E-state index in [2.05, 4.69) is 35.8 Å². The molecule has 1 saturated heterocycles. The summed E-state index contributed by atoms with van der Waals surface area (Å²) in [5.74, 6) is -0.356. The lowest BCUT2D eigenvalue weighted by Gasteiger charge is -2.10. The molecule has 1 aromatic carbocycles. The number of benzene rings is 1. The SMILES string of the molecule is Cc1cccc(CCN/C=C(/C#N)C(=O)NCC2CCCO2)c1. The molecule has 23 heavy (non-hydrogen) atoms. The molecule has 0 aliphatic carbocycles. The third kappa shape index (κ3) is 5.76. The van der Waals surface area contributed by atoms with Crippen LogP contribution in [0.3, 0.4) is 0 Å². The monoisotopic (exact) mass is 313 g/mol. The van der Waals surface area contributed by atoms with E-state index in [9.17, 15) is 4.79 Å². The van der Waals surface area contributed by atoms with Crippen molar-refractivity contribution in [1.82, 2.24) is 10.6 Å². The zero-order chi connectivity index (χ0) is 16.5. The number of hydrogen-bond acceptors (Lipinski definition) is 4. The summed E-state index contributed by atoms with van der Waals surface area (Å²) in [7, 11) is 0. The van der Waals surface area contributed by atoms with Gasteiger partial charge in [-0.05, 0) is 31.7 Å². The molecule has 122 valence electrons. The van der Waals surface area contributed by atoms with Gasteiger partial charge in [-0.15, -0.1) is 0 Å². The van der Waals surface area contributed by atoms with Crippen LogP contribution >= 0.6 is 0 Å². The molecule has 1 atom stereocenters. The first-order chi connectivity index (χ1) is 11.2. The molecule has 1 aliphatic rings. The number of aryl methyl sites for hydroxylation is 1. The molecule has 0 bridgehead atoms. The predicted molar refractivity (Wildman–Crippen MR) is 88.6 cm³/mol. The van der Waals surface area contributed by atoms with E-state index in [0.717, 1.165) is 25.9 Å². The van der Waals surface area contributed by atoms with Crippen molar-refractivity contribution in [3.05, 3.63) is 47.2 Å². The van der Waals surface area contributed by atoms with Crippen molar-refractivity contribution in [2.75, 3.05) is 19.7 Å². The molecule has 5 heteroatoms. The van der Waals surface area contributed by atoms with Crippen LogP contribution in [0.25, 0.3) is 0 Å². The molecule has 1 amide bonds. The van der Waals surface area contributed by atoms with Gasteiger partial charge < -0.3 is 15.4 Å². The Labute approximate surface area is 137 Å². The van der Waals surface area contributed by atoms with Gasteiger partial charge in [-0.25, -0.2) is 0 Å². The number of hydrogen-bond donors (Lipinski definition) is 2. The highest BCUT2D eigenvalue weighted by Crippen LogP contribution is 2.10. The molecule has 1 fully saturated rings. The lowest BCUT2D eigenvalue weighted by molar-refractivity contribution is -0.117. The summed E-state index contributed by atoms with van der Waals surface area (Å²) >= 11 is 0. The Hall–Kier alpha value is -2.32. The number of ether oxygens (including phenoxy) is 1. The maximum Gasteiger partial charge on any atom is 0.263 e. The maximum atomic E-state index is 11.9. The highest BCUT2D eigenvalue weighted by Gasteiger charge is 2.17. The Morgan fingerprint density at radius 3 is 3.09 bits per heavy atom. The Balaban J connectivity index is 1.74. The van der Waals surface area contributed by atoms with Crippen molar-refractivity contribution < 1.29 is 9.53 Å². The minimum Gasteiger partial charge on any atom is -0.389 e. The van der Waals surface area contributed by atoms with Crippen LogP contribution in [-0.2, 0) is 16.0 Å². The molecule has 1 unspecified atom stereocenters. The Bertz CT molecular complexity index is 599. The molecule has 1 aromatic rings. The minimum atomic E-state index is -0.356. The second-order valence-corrected chi connectivity index (χ2v) is 5.71. The second-order valence-electron chi connectivity index (χ2n) is 5.71. The van der Waals surface area contributed by atoms with Crippen LogP contribution in [-0.4, -0.2) is 31.7 Å². The van der Waals surface area contributed by atoms with Crippen LogP contribution in [0, 0.1) is 18.3 Å². The zero-order valence-corrected chi connectivity index (χ0v) is 13.5. The molecule has 5 nitrogen and oxygen atoms in total. The van der Waals surface area contributed by atoms with Gasteiger partial charge in [-0.1, -0.05) is 29.8 Å². The van der Waals surface area contributed by atoms with E-state index in [0.29, 0.717) is 13.1 Å². The molecule has 0 saturated carbocycles. The van der Waals surface area contributed by atoms with E-state index in [-0.39, 0.29) is 17.6 Å². The fourth-order valence-corrected chi connectivity index (χ4v) is 2.51.